The van der Waals surface area contributed by atoms with Crippen molar-refractivity contribution in [1.82, 2.24) is 28.9 Å². The zero-order valence-electron chi connectivity index (χ0n) is 26.4. The Bertz CT molecular complexity index is 1450. The van der Waals surface area contributed by atoms with Crippen LogP contribution in [-0.2, 0) is 30.8 Å². The van der Waals surface area contributed by atoms with E-state index in [0.717, 1.165) is 82.8 Å². The number of nitrogens with zero attached hydrogens (tertiary/aromatic N) is 6. The molecule has 0 atom stereocenters. The molecule has 11 nitrogen and oxygen atoms in total. The number of rotatable bonds is 17. The van der Waals surface area contributed by atoms with Gasteiger partial charge in [0.15, 0.2) is 17.8 Å². The monoisotopic (exact) mass is 595 g/mol. The number of fused-ring (bicyclic) bond motifs is 3. The van der Waals surface area contributed by atoms with Gasteiger partial charge in [-0.25, -0.2) is 4.79 Å². The summed E-state index contributed by atoms with van der Waals surface area (Å²) >= 11 is 0. The molecule has 1 aromatic carbocycles. The third-order valence-electron chi connectivity index (χ3n) is 8.27. The average molecular weight is 596 g/mol. The zero-order chi connectivity index (χ0) is 30.8. The van der Waals surface area contributed by atoms with Crippen LogP contribution in [0.1, 0.15) is 65.4 Å². The molecule has 3 heterocycles. The Hall–Kier alpha value is -3.60. The molecule has 1 aliphatic heterocycles. The van der Waals surface area contributed by atoms with E-state index < -0.39 is 0 Å². The van der Waals surface area contributed by atoms with Crippen molar-refractivity contribution >= 4 is 23.0 Å². The molecule has 0 fully saturated rings. The molecule has 0 saturated heterocycles. The second kappa shape index (κ2) is 15.7. The van der Waals surface area contributed by atoms with Crippen LogP contribution in [0.2, 0.25) is 0 Å². The van der Waals surface area contributed by atoms with E-state index >= 15 is 0 Å². The maximum Gasteiger partial charge on any atom is 0.332 e. The van der Waals surface area contributed by atoms with E-state index in [0.29, 0.717) is 43.1 Å². The number of carbonyl (C=O) groups is 1. The molecule has 3 aromatic rings. The van der Waals surface area contributed by atoms with Gasteiger partial charge in [0.1, 0.15) is 5.75 Å². The largest absolute Gasteiger partial charge is 0.484 e. The first-order valence-corrected chi connectivity index (χ1v) is 16.1. The van der Waals surface area contributed by atoms with Crippen LogP contribution in [0, 0.1) is 0 Å². The highest BCUT2D eigenvalue weighted by atomic mass is 16.5. The number of hydrogen-bond donors (Lipinski definition) is 1. The first-order chi connectivity index (χ1) is 20.9. The molecule has 1 amide bonds. The van der Waals surface area contributed by atoms with E-state index in [1.807, 2.05) is 28.8 Å². The number of aryl methyl sites for hydroxylation is 2. The topological polar surface area (TPSA) is 107 Å². The van der Waals surface area contributed by atoms with Gasteiger partial charge in [-0.1, -0.05) is 52.7 Å². The average Bonchev–Trinajstić information content (AvgIpc) is 3.42. The van der Waals surface area contributed by atoms with Crippen molar-refractivity contribution in [3.63, 3.8) is 0 Å². The van der Waals surface area contributed by atoms with E-state index in [2.05, 4.69) is 42.8 Å². The number of aromatic nitrogens is 4. The van der Waals surface area contributed by atoms with Crippen molar-refractivity contribution in [2.24, 2.45) is 0 Å². The van der Waals surface area contributed by atoms with Gasteiger partial charge >= 0.3 is 5.69 Å². The van der Waals surface area contributed by atoms with Crippen LogP contribution in [0.15, 0.2) is 33.9 Å². The Labute approximate surface area is 254 Å². The molecule has 4 rings (SSSR count). The van der Waals surface area contributed by atoms with E-state index in [-0.39, 0.29) is 23.8 Å². The predicted octanol–water partition coefficient (Wildman–Crippen LogP) is 3.25. The third kappa shape index (κ3) is 7.87. The number of amides is 1. The molecule has 43 heavy (non-hydrogen) atoms. The highest BCUT2D eigenvalue weighted by molar-refractivity contribution is 5.77. The summed E-state index contributed by atoms with van der Waals surface area (Å²) in [5.41, 5.74) is 1.73. The van der Waals surface area contributed by atoms with E-state index in [1.54, 1.807) is 4.57 Å². The van der Waals surface area contributed by atoms with Crippen LogP contribution in [0.3, 0.4) is 0 Å². The van der Waals surface area contributed by atoms with Crippen molar-refractivity contribution in [2.75, 3.05) is 50.8 Å². The fraction of sp³-hybridized carbons (Fsp3) is 0.625. The van der Waals surface area contributed by atoms with Crippen molar-refractivity contribution in [2.45, 2.75) is 85.9 Å². The molecular weight excluding hydrogens is 546 g/mol. The number of benzene rings is 1. The van der Waals surface area contributed by atoms with E-state index in [9.17, 15) is 14.4 Å². The Kier molecular flexibility index (Phi) is 11.8. The van der Waals surface area contributed by atoms with Crippen LogP contribution >= 0.6 is 0 Å². The number of anilines is 1. The maximum absolute atomic E-state index is 13.6. The van der Waals surface area contributed by atoms with Gasteiger partial charge in [0, 0.05) is 45.8 Å². The highest BCUT2D eigenvalue weighted by Gasteiger charge is 2.26. The number of carbonyl (C=O) groups excluding carboxylic acids is 1. The number of likely N-dealkylation sites (N-methyl/N-ethyl adjacent to an activating group) is 1. The van der Waals surface area contributed by atoms with E-state index in [1.165, 1.54) is 4.57 Å². The second-order valence-electron chi connectivity index (χ2n) is 11.2. The summed E-state index contributed by atoms with van der Waals surface area (Å²) in [5, 5.41) is 2.91. The van der Waals surface area contributed by atoms with Gasteiger partial charge in [-0.15, -0.1) is 0 Å². The lowest BCUT2D eigenvalue weighted by atomic mass is 10.1. The van der Waals surface area contributed by atoms with Crippen LogP contribution in [-0.4, -0.2) is 75.4 Å². The van der Waals surface area contributed by atoms with Gasteiger partial charge in [-0.2, -0.15) is 4.98 Å². The normalized spacial score (nSPS) is 13.1. The molecule has 0 aliphatic carbocycles. The number of hydrogen-bond acceptors (Lipinski definition) is 7. The number of unbranched alkanes of at least 4 members (excludes halogenated alkanes) is 2. The number of nitrogens with one attached hydrogen (secondary N) is 1. The third-order valence-corrected chi connectivity index (χ3v) is 8.27. The summed E-state index contributed by atoms with van der Waals surface area (Å²) in [6.07, 6.45) is 5.21. The zero-order valence-corrected chi connectivity index (χ0v) is 26.4. The molecule has 0 radical (unpaired) electrons. The second-order valence-corrected chi connectivity index (χ2v) is 11.2. The van der Waals surface area contributed by atoms with Gasteiger partial charge < -0.3 is 24.4 Å². The first kappa shape index (κ1) is 32.3. The molecule has 2 aromatic heterocycles. The van der Waals surface area contributed by atoms with Crippen LogP contribution in [0.5, 0.6) is 5.75 Å². The van der Waals surface area contributed by atoms with Crippen molar-refractivity contribution in [3.8, 4) is 5.75 Å². The molecule has 0 spiro atoms. The summed E-state index contributed by atoms with van der Waals surface area (Å²) in [5.74, 6) is 1.30. The first-order valence-electron chi connectivity index (χ1n) is 16.1. The SMILES string of the molecule is CCCCn1c(=O)c2c(nc3n2CCCN3CCc2ccc(OCC(=O)NCCN(CC)CC)cc2)n(CCCC)c1=O. The molecular formula is C32H49N7O4. The van der Waals surface area contributed by atoms with Crippen molar-refractivity contribution < 1.29 is 9.53 Å². The van der Waals surface area contributed by atoms with Crippen molar-refractivity contribution in [1.29, 1.82) is 0 Å². The minimum atomic E-state index is -0.249. The molecule has 1 aliphatic rings. The Morgan fingerprint density at radius 1 is 0.953 bits per heavy atom. The van der Waals surface area contributed by atoms with Gasteiger partial charge in [0.2, 0.25) is 5.95 Å². The van der Waals surface area contributed by atoms with Gasteiger partial charge in [-0.3, -0.25) is 18.7 Å². The predicted molar refractivity (Wildman–Crippen MR) is 171 cm³/mol. The Morgan fingerprint density at radius 2 is 1.65 bits per heavy atom. The van der Waals surface area contributed by atoms with Crippen LogP contribution in [0.4, 0.5) is 5.95 Å². The molecule has 0 unspecified atom stereocenters. The molecule has 0 saturated carbocycles. The smallest absolute Gasteiger partial charge is 0.332 e. The summed E-state index contributed by atoms with van der Waals surface area (Å²) in [6.45, 7) is 15.0. The maximum atomic E-state index is 13.6. The molecule has 11 heteroatoms. The van der Waals surface area contributed by atoms with E-state index in [4.69, 9.17) is 9.72 Å². The Morgan fingerprint density at radius 3 is 2.33 bits per heavy atom. The van der Waals surface area contributed by atoms with Gasteiger partial charge in [-0.05, 0) is 56.5 Å². The number of imidazole rings is 1. The molecule has 1 N–H and O–H groups in total. The quantitative estimate of drug-likeness (QED) is 0.255. The minimum absolute atomic E-state index is 0.00886. The lowest BCUT2D eigenvalue weighted by Gasteiger charge is -2.29. The number of ether oxygens (including phenoxy) is 1. The summed E-state index contributed by atoms with van der Waals surface area (Å²) in [7, 11) is 0. The summed E-state index contributed by atoms with van der Waals surface area (Å²) < 4.78 is 10.8. The lowest BCUT2D eigenvalue weighted by Crippen LogP contribution is -2.41. The van der Waals surface area contributed by atoms with Crippen LogP contribution < -0.4 is 26.2 Å². The van der Waals surface area contributed by atoms with Crippen molar-refractivity contribution in [3.05, 3.63) is 50.7 Å². The minimum Gasteiger partial charge on any atom is -0.484 e. The standard InChI is InChI=1S/C32H49N7O4/c1-5-9-19-38-29-28(30(41)39(32(38)42)20-10-6-2)37-21-11-18-36(31(37)34-29)22-16-25-12-14-26(15-13-25)43-24-27(40)33-17-23-35(7-3)8-4/h12-15H,5-11,16-24H2,1-4H3,(H,33,40). The fourth-order valence-electron chi connectivity index (χ4n) is 5.60. The molecule has 0 bridgehead atoms. The summed E-state index contributed by atoms with van der Waals surface area (Å²) in [6, 6.07) is 7.84. The van der Waals surface area contributed by atoms with Crippen LogP contribution in [0.25, 0.3) is 11.2 Å². The lowest BCUT2D eigenvalue weighted by molar-refractivity contribution is -0.123. The highest BCUT2D eigenvalue weighted by Crippen LogP contribution is 2.25. The fourth-order valence-corrected chi connectivity index (χ4v) is 5.60. The molecule has 236 valence electrons. The van der Waals surface area contributed by atoms with Gasteiger partial charge in [0.05, 0.1) is 0 Å². The van der Waals surface area contributed by atoms with Gasteiger partial charge in [0.25, 0.3) is 11.5 Å². The summed E-state index contributed by atoms with van der Waals surface area (Å²) in [4.78, 5) is 48.5. The Balaban J connectivity index is 1.42.